The molecule has 0 aliphatic carbocycles. The first-order chi connectivity index (χ1) is 8.20. The van der Waals surface area contributed by atoms with Gasteiger partial charge in [0.15, 0.2) is 0 Å². The number of nitrogens with zero attached hydrogens (tertiary/aromatic N) is 2. The molecule has 0 aromatic carbocycles. The summed E-state index contributed by atoms with van der Waals surface area (Å²) in [5.41, 5.74) is 0. The van der Waals surface area contributed by atoms with Crippen LogP contribution in [0.5, 0.6) is 0 Å². The van der Waals surface area contributed by atoms with Gasteiger partial charge in [-0.15, -0.1) is 10.2 Å². The molecule has 1 aliphatic heterocycles. The molecule has 1 aromatic rings. The van der Waals surface area contributed by atoms with Crippen molar-refractivity contribution < 1.29 is 9.53 Å². The molecular formula is C10H16N4O2S. The number of carbonyl (C=O) groups is 1. The number of hydrogen-bond acceptors (Lipinski definition) is 6. The van der Waals surface area contributed by atoms with Gasteiger partial charge in [0.25, 0.3) is 5.91 Å². The van der Waals surface area contributed by atoms with Gasteiger partial charge in [-0.25, -0.2) is 0 Å². The Hall–Kier alpha value is -1.21. The lowest BCUT2D eigenvalue weighted by Gasteiger charge is -2.18. The Morgan fingerprint density at radius 2 is 2.41 bits per heavy atom. The number of rotatable bonds is 4. The molecular weight excluding hydrogens is 240 g/mol. The Morgan fingerprint density at radius 3 is 3.00 bits per heavy atom. The highest BCUT2D eigenvalue weighted by atomic mass is 32.1. The van der Waals surface area contributed by atoms with Crippen LogP contribution in [0, 0.1) is 5.92 Å². The lowest BCUT2D eigenvalue weighted by Crippen LogP contribution is -2.38. The van der Waals surface area contributed by atoms with Crippen molar-refractivity contribution in [2.75, 3.05) is 25.6 Å². The van der Waals surface area contributed by atoms with Gasteiger partial charge in [-0.3, -0.25) is 4.79 Å². The SMILES string of the molecule is CNc1nnc(C(=O)NC(C)C2CCOC2)s1. The molecule has 2 atom stereocenters. The second-order valence-electron chi connectivity index (χ2n) is 4.05. The standard InChI is InChI=1S/C10H16N4O2S/c1-6(7-3-4-16-5-7)12-8(15)9-13-14-10(11-2)17-9/h6-7H,3-5H2,1-2H3,(H,11,14)(H,12,15). The Labute approximate surface area is 104 Å². The Bertz CT molecular complexity index is 389. The van der Waals surface area contributed by atoms with Crippen LogP contribution in [0.3, 0.4) is 0 Å². The molecule has 7 heteroatoms. The van der Waals surface area contributed by atoms with E-state index in [1.165, 1.54) is 11.3 Å². The number of ether oxygens (including phenoxy) is 1. The first-order valence-electron chi connectivity index (χ1n) is 5.60. The maximum atomic E-state index is 11.9. The minimum atomic E-state index is -0.164. The van der Waals surface area contributed by atoms with E-state index in [1.54, 1.807) is 7.05 Å². The van der Waals surface area contributed by atoms with E-state index in [0.717, 1.165) is 19.6 Å². The quantitative estimate of drug-likeness (QED) is 0.830. The molecule has 1 amide bonds. The molecule has 0 radical (unpaired) electrons. The van der Waals surface area contributed by atoms with E-state index in [0.29, 0.717) is 16.1 Å². The van der Waals surface area contributed by atoms with Gasteiger partial charge in [0.2, 0.25) is 10.1 Å². The average Bonchev–Trinajstić information content (AvgIpc) is 3.00. The summed E-state index contributed by atoms with van der Waals surface area (Å²) in [7, 11) is 1.75. The highest BCUT2D eigenvalue weighted by molar-refractivity contribution is 7.17. The highest BCUT2D eigenvalue weighted by Crippen LogP contribution is 2.18. The number of anilines is 1. The zero-order valence-electron chi connectivity index (χ0n) is 9.90. The topological polar surface area (TPSA) is 76.1 Å². The highest BCUT2D eigenvalue weighted by Gasteiger charge is 2.24. The van der Waals surface area contributed by atoms with Crippen LogP contribution in [-0.2, 0) is 4.74 Å². The Balaban J connectivity index is 1.91. The molecule has 2 unspecified atom stereocenters. The van der Waals surface area contributed by atoms with Crippen LogP contribution in [0.1, 0.15) is 23.1 Å². The third kappa shape index (κ3) is 2.92. The predicted octanol–water partition coefficient (Wildman–Crippen LogP) is 0.735. The molecule has 1 fully saturated rings. The number of amides is 1. The van der Waals surface area contributed by atoms with E-state index in [9.17, 15) is 4.79 Å². The maximum absolute atomic E-state index is 11.9. The van der Waals surface area contributed by atoms with Crippen LogP contribution in [0.4, 0.5) is 5.13 Å². The molecule has 2 N–H and O–H groups in total. The number of nitrogens with one attached hydrogen (secondary N) is 2. The fourth-order valence-corrected chi connectivity index (χ4v) is 2.35. The molecule has 17 heavy (non-hydrogen) atoms. The van der Waals surface area contributed by atoms with E-state index in [1.807, 2.05) is 6.92 Å². The van der Waals surface area contributed by atoms with Gasteiger partial charge >= 0.3 is 0 Å². The van der Waals surface area contributed by atoms with Crippen LogP contribution >= 0.6 is 11.3 Å². The Morgan fingerprint density at radius 1 is 1.59 bits per heavy atom. The minimum Gasteiger partial charge on any atom is -0.381 e. The van der Waals surface area contributed by atoms with Crippen LogP contribution in [0.2, 0.25) is 0 Å². The zero-order valence-corrected chi connectivity index (χ0v) is 10.7. The molecule has 2 heterocycles. The van der Waals surface area contributed by atoms with Crippen molar-refractivity contribution in [3.63, 3.8) is 0 Å². The van der Waals surface area contributed by atoms with Crippen molar-refractivity contribution >= 4 is 22.4 Å². The monoisotopic (exact) mass is 256 g/mol. The molecule has 0 saturated carbocycles. The largest absolute Gasteiger partial charge is 0.381 e. The number of carbonyl (C=O) groups excluding carboxylic acids is 1. The van der Waals surface area contributed by atoms with Crippen molar-refractivity contribution in [3.8, 4) is 0 Å². The molecule has 1 aliphatic rings. The summed E-state index contributed by atoms with van der Waals surface area (Å²) in [5.74, 6) is 0.235. The summed E-state index contributed by atoms with van der Waals surface area (Å²) >= 11 is 1.25. The average molecular weight is 256 g/mol. The van der Waals surface area contributed by atoms with Crippen molar-refractivity contribution in [1.82, 2.24) is 15.5 Å². The third-order valence-corrected chi connectivity index (χ3v) is 3.80. The van der Waals surface area contributed by atoms with Crippen LogP contribution in [0.15, 0.2) is 0 Å². The first kappa shape index (κ1) is 12.3. The van der Waals surface area contributed by atoms with E-state index in [2.05, 4.69) is 20.8 Å². The lowest BCUT2D eigenvalue weighted by molar-refractivity contribution is 0.0921. The van der Waals surface area contributed by atoms with Gasteiger partial charge in [0, 0.05) is 25.6 Å². The summed E-state index contributed by atoms with van der Waals surface area (Å²) in [6, 6.07) is 0.104. The van der Waals surface area contributed by atoms with E-state index in [4.69, 9.17) is 4.74 Å². The fourth-order valence-electron chi connectivity index (χ4n) is 1.75. The second-order valence-corrected chi connectivity index (χ2v) is 5.03. The fraction of sp³-hybridized carbons (Fsp3) is 0.700. The molecule has 0 spiro atoms. The first-order valence-corrected chi connectivity index (χ1v) is 6.42. The molecule has 2 rings (SSSR count). The molecule has 0 bridgehead atoms. The van der Waals surface area contributed by atoms with Gasteiger partial charge in [0.05, 0.1) is 6.61 Å². The number of aromatic nitrogens is 2. The zero-order chi connectivity index (χ0) is 12.3. The van der Waals surface area contributed by atoms with E-state index in [-0.39, 0.29) is 11.9 Å². The van der Waals surface area contributed by atoms with Gasteiger partial charge in [-0.05, 0) is 13.3 Å². The maximum Gasteiger partial charge on any atom is 0.282 e. The molecule has 6 nitrogen and oxygen atoms in total. The van der Waals surface area contributed by atoms with Gasteiger partial charge < -0.3 is 15.4 Å². The summed E-state index contributed by atoms with van der Waals surface area (Å²) in [6.07, 6.45) is 0.999. The smallest absolute Gasteiger partial charge is 0.282 e. The minimum absolute atomic E-state index is 0.104. The van der Waals surface area contributed by atoms with E-state index >= 15 is 0 Å². The van der Waals surface area contributed by atoms with Crippen LogP contribution in [0.25, 0.3) is 0 Å². The van der Waals surface area contributed by atoms with Gasteiger partial charge in [-0.1, -0.05) is 11.3 Å². The van der Waals surface area contributed by atoms with E-state index < -0.39 is 0 Å². The summed E-state index contributed by atoms with van der Waals surface area (Å²) in [6.45, 7) is 3.50. The summed E-state index contributed by atoms with van der Waals surface area (Å²) in [5, 5.41) is 14.5. The molecule has 1 aromatic heterocycles. The second kappa shape index (κ2) is 5.42. The van der Waals surface area contributed by atoms with Crippen molar-refractivity contribution in [3.05, 3.63) is 5.01 Å². The molecule has 1 saturated heterocycles. The molecule has 94 valence electrons. The lowest BCUT2D eigenvalue weighted by atomic mass is 10.0. The predicted molar refractivity (Wildman–Crippen MR) is 65.3 cm³/mol. The summed E-state index contributed by atoms with van der Waals surface area (Å²) < 4.78 is 5.30. The van der Waals surface area contributed by atoms with Crippen molar-refractivity contribution in [2.45, 2.75) is 19.4 Å². The number of hydrogen-bond donors (Lipinski definition) is 2. The Kier molecular flexibility index (Phi) is 3.90. The van der Waals surface area contributed by atoms with Crippen LogP contribution < -0.4 is 10.6 Å². The van der Waals surface area contributed by atoms with Crippen molar-refractivity contribution in [2.24, 2.45) is 5.92 Å². The summed E-state index contributed by atoms with van der Waals surface area (Å²) in [4.78, 5) is 11.9. The normalized spacial score (nSPS) is 21.2. The van der Waals surface area contributed by atoms with Gasteiger partial charge in [0.1, 0.15) is 0 Å². The van der Waals surface area contributed by atoms with Crippen molar-refractivity contribution in [1.29, 1.82) is 0 Å². The van der Waals surface area contributed by atoms with Gasteiger partial charge in [-0.2, -0.15) is 0 Å². The third-order valence-electron chi connectivity index (χ3n) is 2.86. The van der Waals surface area contributed by atoms with Crippen LogP contribution in [-0.4, -0.2) is 42.4 Å².